The molecule has 2 unspecified atom stereocenters. The molecule has 6 rings (SSSR count). The van der Waals surface area contributed by atoms with E-state index >= 15 is 0 Å². The summed E-state index contributed by atoms with van der Waals surface area (Å²) >= 11 is 0. The number of rotatable bonds is 6. The molecule has 2 bridgehead atoms. The van der Waals surface area contributed by atoms with E-state index in [1.54, 1.807) is 4.90 Å². The van der Waals surface area contributed by atoms with Crippen LogP contribution in [-0.4, -0.2) is 47.8 Å². The van der Waals surface area contributed by atoms with Crippen LogP contribution in [0.25, 0.3) is 11.1 Å². The standard InChI is InChI=1S/C32H28F5NO4/c33-31(34,35)32(36,37)42-23-14-12-19(13-15-23)29(39)20-16-21-6-5-7-22(17-20)38(21)30(40)41-18-28-26-10-3-1-8-24(26)25-9-2-4-11-27(25)28/h1-4,8-15,20-22,28H,5-7,16-18H2. The van der Waals surface area contributed by atoms with Gasteiger partial charge in [-0.25, -0.2) is 4.79 Å². The smallest absolute Gasteiger partial charge is 0.448 e. The summed E-state index contributed by atoms with van der Waals surface area (Å²) < 4.78 is 73.5. The summed E-state index contributed by atoms with van der Waals surface area (Å²) in [5, 5.41) is 0. The first-order valence-corrected chi connectivity index (χ1v) is 13.9. The number of nitrogens with zero attached hydrogens (tertiary/aromatic N) is 1. The van der Waals surface area contributed by atoms with E-state index in [0.29, 0.717) is 12.8 Å². The third-order valence-corrected chi connectivity index (χ3v) is 8.61. The average Bonchev–Trinajstić information content (AvgIpc) is 3.28. The summed E-state index contributed by atoms with van der Waals surface area (Å²) in [5.74, 6) is -1.42. The highest BCUT2D eigenvalue weighted by molar-refractivity contribution is 5.98. The molecule has 3 aliphatic rings. The number of fused-ring (bicyclic) bond motifs is 5. The third kappa shape index (κ3) is 5.12. The number of carbonyl (C=O) groups excluding carboxylic acids is 2. The molecule has 1 aliphatic carbocycles. The Bertz CT molecular complexity index is 1430. The molecule has 42 heavy (non-hydrogen) atoms. The predicted molar refractivity (Wildman–Crippen MR) is 143 cm³/mol. The SMILES string of the molecule is O=C(c1ccc(OC(F)(F)C(F)(F)F)cc1)C1CC2CCCC(C1)N2C(=O)OCC1c2ccccc2-c2ccccc21. The Hall–Kier alpha value is -3.95. The number of ether oxygens (including phenoxy) is 2. The van der Waals surface area contributed by atoms with E-state index in [1.807, 2.05) is 24.3 Å². The molecule has 0 aromatic heterocycles. The molecule has 0 radical (unpaired) electrons. The summed E-state index contributed by atoms with van der Waals surface area (Å²) in [6.07, 6.45) is -8.39. The maximum atomic E-state index is 13.4. The van der Waals surface area contributed by atoms with Crippen molar-refractivity contribution < 1.29 is 41.0 Å². The van der Waals surface area contributed by atoms with E-state index in [1.165, 1.54) is 12.1 Å². The lowest BCUT2D eigenvalue weighted by Crippen LogP contribution is -2.55. The zero-order valence-electron chi connectivity index (χ0n) is 22.5. The molecule has 1 amide bonds. The van der Waals surface area contributed by atoms with E-state index in [0.717, 1.165) is 53.6 Å². The molecule has 2 atom stereocenters. The van der Waals surface area contributed by atoms with Gasteiger partial charge in [-0.05, 0) is 78.6 Å². The van der Waals surface area contributed by atoms with Gasteiger partial charge in [-0.2, -0.15) is 22.0 Å². The number of Topliss-reactive ketones (excluding diaryl/α,β-unsaturated/α-hetero) is 1. The Morgan fingerprint density at radius 3 is 1.88 bits per heavy atom. The Labute approximate surface area is 239 Å². The lowest BCUT2D eigenvalue weighted by molar-refractivity contribution is -0.360. The highest BCUT2D eigenvalue weighted by atomic mass is 19.4. The fourth-order valence-electron chi connectivity index (χ4n) is 6.69. The van der Waals surface area contributed by atoms with Crippen molar-refractivity contribution in [2.45, 2.75) is 62.4 Å². The average molecular weight is 586 g/mol. The van der Waals surface area contributed by atoms with Crippen LogP contribution >= 0.6 is 0 Å². The minimum Gasteiger partial charge on any atom is -0.448 e. The van der Waals surface area contributed by atoms with Gasteiger partial charge in [-0.3, -0.25) is 4.79 Å². The molecule has 5 nitrogen and oxygen atoms in total. The maximum absolute atomic E-state index is 13.4. The van der Waals surface area contributed by atoms with Crippen LogP contribution in [-0.2, 0) is 4.74 Å². The van der Waals surface area contributed by atoms with Crippen molar-refractivity contribution in [3.05, 3.63) is 89.5 Å². The first-order chi connectivity index (χ1) is 20.0. The number of amides is 1. The molecule has 0 N–H and O–H groups in total. The van der Waals surface area contributed by atoms with Gasteiger partial charge in [0, 0.05) is 29.5 Å². The van der Waals surface area contributed by atoms with Crippen LogP contribution in [0, 0.1) is 5.92 Å². The highest BCUT2D eigenvalue weighted by Gasteiger charge is 2.61. The van der Waals surface area contributed by atoms with Crippen molar-refractivity contribution in [2.75, 3.05) is 6.61 Å². The third-order valence-electron chi connectivity index (χ3n) is 8.61. The minimum absolute atomic E-state index is 0.0664. The second-order valence-electron chi connectivity index (χ2n) is 11.1. The zero-order valence-corrected chi connectivity index (χ0v) is 22.5. The quantitative estimate of drug-likeness (QED) is 0.217. The van der Waals surface area contributed by atoms with Crippen LogP contribution in [0.2, 0.25) is 0 Å². The van der Waals surface area contributed by atoms with Gasteiger partial charge in [0.05, 0.1) is 0 Å². The maximum Gasteiger partial charge on any atom is 0.499 e. The lowest BCUT2D eigenvalue weighted by atomic mass is 9.76. The number of hydrogen-bond donors (Lipinski definition) is 0. The van der Waals surface area contributed by atoms with Gasteiger partial charge in [0.15, 0.2) is 5.78 Å². The Morgan fingerprint density at radius 2 is 1.33 bits per heavy atom. The van der Waals surface area contributed by atoms with E-state index in [4.69, 9.17) is 4.74 Å². The largest absolute Gasteiger partial charge is 0.499 e. The topological polar surface area (TPSA) is 55.8 Å². The molecule has 10 heteroatoms. The summed E-state index contributed by atoms with van der Waals surface area (Å²) in [7, 11) is 0. The molecule has 220 valence electrons. The van der Waals surface area contributed by atoms with Crippen molar-refractivity contribution in [3.63, 3.8) is 0 Å². The molecule has 2 saturated heterocycles. The molecular formula is C32H28F5NO4. The van der Waals surface area contributed by atoms with Gasteiger partial charge in [0.1, 0.15) is 12.4 Å². The van der Waals surface area contributed by atoms with Gasteiger partial charge in [-0.1, -0.05) is 48.5 Å². The summed E-state index contributed by atoms with van der Waals surface area (Å²) in [6.45, 7) is 0.201. The molecule has 2 fully saturated rings. The lowest BCUT2D eigenvalue weighted by Gasteiger charge is -2.47. The summed E-state index contributed by atoms with van der Waals surface area (Å²) in [6, 6.07) is 20.1. The first-order valence-electron chi connectivity index (χ1n) is 13.9. The van der Waals surface area contributed by atoms with E-state index in [9.17, 15) is 31.5 Å². The normalized spacial score (nSPS) is 21.8. The fraction of sp³-hybridized carbons (Fsp3) is 0.375. The zero-order chi connectivity index (χ0) is 29.6. The van der Waals surface area contributed by atoms with Crippen LogP contribution in [0.1, 0.15) is 59.5 Å². The molecule has 2 heterocycles. The highest BCUT2D eigenvalue weighted by Crippen LogP contribution is 2.45. The Morgan fingerprint density at radius 1 is 0.786 bits per heavy atom. The number of ketones is 1. The number of carbonyl (C=O) groups is 2. The van der Waals surface area contributed by atoms with Crippen molar-refractivity contribution >= 4 is 11.9 Å². The molecule has 3 aromatic rings. The van der Waals surface area contributed by atoms with Crippen LogP contribution in [0.5, 0.6) is 5.75 Å². The van der Waals surface area contributed by atoms with Gasteiger partial charge in [0.2, 0.25) is 0 Å². The van der Waals surface area contributed by atoms with Gasteiger partial charge < -0.3 is 14.4 Å². The number of benzene rings is 3. The van der Waals surface area contributed by atoms with Crippen LogP contribution in [0.15, 0.2) is 72.8 Å². The Kier molecular flexibility index (Phi) is 7.19. The monoisotopic (exact) mass is 585 g/mol. The van der Waals surface area contributed by atoms with Gasteiger partial charge >= 0.3 is 18.4 Å². The van der Waals surface area contributed by atoms with Gasteiger partial charge in [-0.15, -0.1) is 0 Å². The van der Waals surface area contributed by atoms with Crippen molar-refractivity contribution in [1.82, 2.24) is 4.90 Å². The number of halogens is 5. The molecule has 0 saturated carbocycles. The second-order valence-corrected chi connectivity index (χ2v) is 11.1. The second kappa shape index (κ2) is 10.7. The van der Waals surface area contributed by atoms with Crippen molar-refractivity contribution in [1.29, 1.82) is 0 Å². The summed E-state index contributed by atoms with van der Waals surface area (Å²) in [4.78, 5) is 28.5. The number of piperidine rings is 2. The van der Waals surface area contributed by atoms with Crippen molar-refractivity contribution in [3.8, 4) is 16.9 Å². The minimum atomic E-state index is -5.86. The number of hydrogen-bond acceptors (Lipinski definition) is 4. The van der Waals surface area contributed by atoms with Gasteiger partial charge in [0.25, 0.3) is 0 Å². The van der Waals surface area contributed by atoms with E-state index in [2.05, 4.69) is 29.0 Å². The number of alkyl halides is 5. The molecule has 3 aromatic carbocycles. The van der Waals surface area contributed by atoms with Crippen molar-refractivity contribution in [2.24, 2.45) is 5.92 Å². The first kappa shape index (κ1) is 28.2. The predicted octanol–water partition coefficient (Wildman–Crippen LogP) is 7.99. The summed E-state index contributed by atoms with van der Waals surface area (Å²) in [5.41, 5.74) is 4.71. The Balaban J connectivity index is 1.11. The molecule has 2 aliphatic heterocycles. The van der Waals surface area contributed by atoms with Crippen LogP contribution < -0.4 is 4.74 Å². The molecule has 0 spiro atoms. The van der Waals surface area contributed by atoms with Crippen LogP contribution in [0.3, 0.4) is 0 Å². The van der Waals surface area contributed by atoms with E-state index in [-0.39, 0.29) is 36.0 Å². The molecular weight excluding hydrogens is 557 g/mol. The van der Waals surface area contributed by atoms with E-state index < -0.39 is 30.0 Å². The fourth-order valence-corrected chi connectivity index (χ4v) is 6.69. The van der Waals surface area contributed by atoms with Crippen LogP contribution in [0.4, 0.5) is 26.7 Å².